The Morgan fingerprint density at radius 3 is 2.26 bits per heavy atom. The van der Waals surface area contributed by atoms with Crippen LogP contribution >= 0.6 is 0 Å². The minimum absolute atomic E-state index is 0.428. The molecule has 0 aliphatic carbocycles. The van der Waals surface area contributed by atoms with Gasteiger partial charge in [-0.15, -0.1) is 0 Å². The van der Waals surface area contributed by atoms with Crippen molar-refractivity contribution in [2.24, 2.45) is 0 Å². The van der Waals surface area contributed by atoms with Crippen LogP contribution in [0, 0.1) is 6.57 Å². The van der Waals surface area contributed by atoms with Crippen molar-refractivity contribution < 1.29 is 9.90 Å². The van der Waals surface area contributed by atoms with Crippen molar-refractivity contribution in [1.82, 2.24) is 0 Å². The Bertz CT molecular complexity index is 597. The van der Waals surface area contributed by atoms with Gasteiger partial charge in [-0.1, -0.05) is 54.6 Å². The van der Waals surface area contributed by atoms with Crippen LogP contribution in [-0.2, 0) is 11.2 Å². The predicted molar refractivity (Wildman–Crippen MR) is 73.2 cm³/mol. The molecule has 0 amide bonds. The van der Waals surface area contributed by atoms with Crippen molar-refractivity contribution in [1.29, 1.82) is 0 Å². The van der Waals surface area contributed by atoms with Gasteiger partial charge in [0.05, 0.1) is 12.5 Å². The number of carboxylic acid groups (broad SMARTS) is 1. The van der Waals surface area contributed by atoms with Gasteiger partial charge in [0.1, 0.15) is 0 Å². The molecule has 2 aromatic rings. The molecular weight excluding hydrogens is 238 g/mol. The Morgan fingerprint density at radius 2 is 1.74 bits per heavy atom. The Kier molecular flexibility index (Phi) is 3.94. The van der Waals surface area contributed by atoms with Crippen LogP contribution in [0.5, 0.6) is 0 Å². The second-order valence-corrected chi connectivity index (χ2v) is 4.28. The van der Waals surface area contributed by atoms with Crippen LogP contribution in [0.3, 0.4) is 0 Å². The van der Waals surface area contributed by atoms with E-state index in [2.05, 4.69) is 4.85 Å². The standard InChI is InChI=1S/C16H13NO2/c1-17-14-9-7-12(8-10-14)11-15(16(18)19)13-5-3-2-4-6-13/h2-10,15H,11H2,(H,18,19). The first kappa shape index (κ1) is 12.8. The van der Waals surface area contributed by atoms with Crippen molar-refractivity contribution in [3.8, 4) is 0 Å². The lowest BCUT2D eigenvalue weighted by Crippen LogP contribution is -2.14. The smallest absolute Gasteiger partial charge is 0.311 e. The lowest BCUT2D eigenvalue weighted by molar-refractivity contribution is -0.138. The number of benzene rings is 2. The predicted octanol–water partition coefficient (Wildman–Crippen LogP) is 3.65. The molecule has 2 aromatic carbocycles. The maximum Gasteiger partial charge on any atom is 0.311 e. The zero-order valence-corrected chi connectivity index (χ0v) is 10.3. The second-order valence-electron chi connectivity index (χ2n) is 4.28. The highest BCUT2D eigenvalue weighted by atomic mass is 16.4. The van der Waals surface area contributed by atoms with Gasteiger partial charge in [0.25, 0.3) is 0 Å². The first-order chi connectivity index (χ1) is 9.20. The van der Waals surface area contributed by atoms with Crippen LogP contribution in [0.25, 0.3) is 4.85 Å². The fraction of sp³-hybridized carbons (Fsp3) is 0.125. The molecule has 3 heteroatoms. The van der Waals surface area contributed by atoms with E-state index >= 15 is 0 Å². The molecule has 19 heavy (non-hydrogen) atoms. The number of nitrogens with zero attached hydrogens (tertiary/aromatic N) is 1. The van der Waals surface area contributed by atoms with Gasteiger partial charge in [-0.25, -0.2) is 4.85 Å². The van der Waals surface area contributed by atoms with E-state index in [4.69, 9.17) is 6.57 Å². The third kappa shape index (κ3) is 3.20. The van der Waals surface area contributed by atoms with E-state index < -0.39 is 11.9 Å². The second kappa shape index (κ2) is 5.83. The molecular formula is C16H13NO2. The zero-order chi connectivity index (χ0) is 13.7. The van der Waals surface area contributed by atoms with E-state index in [-0.39, 0.29) is 0 Å². The summed E-state index contributed by atoms with van der Waals surface area (Å²) in [5, 5.41) is 9.34. The Hall–Kier alpha value is -2.60. The first-order valence-corrected chi connectivity index (χ1v) is 5.95. The SMILES string of the molecule is [C-]#[N+]c1ccc(CC(C(=O)O)c2ccccc2)cc1. The molecule has 0 spiro atoms. The zero-order valence-electron chi connectivity index (χ0n) is 10.3. The molecule has 0 aromatic heterocycles. The number of carboxylic acids is 1. The highest BCUT2D eigenvalue weighted by molar-refractivity contribution is 5.76. The fourth-order valence-corrected chi connectivity index (χ4v) is 1.98. The fourth-order valence-electron chi connectivity index (χ4n) is 1.98. The molecule has 0 fully saturated rings. The lowest BCUT2D eigenvalue weighted by atomic mass is 9.92. The van der Waals surface area contributed by atoms with Crippen molar-refractivity contribution >= 4 is 11.7 Å². The summed E-state index contributed by atoms with van der Waals surface area (Å²) in [5.74, 6) is -1.39. The van der Waals surface area contributed by atoms with Crippen molar-refractivity contribution in [2.45, 2.75) is 12.3 Å². The maximum atomic E-state index is 11.4. The van der Waals surface area contributed by atoms with Crippen molar-refractivity contribution in [2.75, 3.05) is 0 Å². The van der Waals surface area contributed by atoms with E-state index in [1.807, 2.05) is 42.5 Å². The minimum Gasteiger partial charge on any atom is -0.481 e. The molecule has 0 bridgehead atoms. The maximum absolute atomic E-state index is 11.4. The molecule has 1 N–H and O–H groups in total. The lowest BCUT2D eigenvalue weighted by Gasteiger charge is -2.12. The number of rotatable bonds is 4. The average Bonchev–Trinajstić information content (AvgIpc) is 2.46. The normalized spacial score (nSPS) is 11.5. The molecule has 1 unspecified atom stereocenters. The molecule has 94 valence electrons. The molecule has 0 aliphatic rings. The van der Waals surface area contributed by atoms with E-state index in [0.717, 1.165) is 11.1 Å². The first-order valence-electron chi connectivity index (χ1n) is 5.95. The Balaban J connectivity index is 2.22. The van der Waals surface area contributed by atoms with Gasteiger partial charge in [0, 0.05) is 0 Å². The summed E-state index contributed by atoms with van der Waals surface area (Å²) in [4.78, 5) is 14.7. The number of hydrogen-bond donors (Lipinski definition) is 1. The number of aliphatic carboxylic acids is 1. The van der Waals surface area contributed by atoms with E-state index in [1.54, 1.807) is 12.1 Å². The average molecular weight is 251 g/mol. The van der Waals surface area contributed by atoms with E-state index in [9.17, 15) is 9.90 Å². The summed E-state index contributed by atoms with van der Waals surface area (Å²) in [5.41, 5.74) is 2.28. The van der Waals surface area contributed by atoms with Crippen molar-refractivity contribution in [3.05, 3.63) is 77.1 Å². The molecule has 1 atom stereocenters. The molecule has 2 rings (SSSR count). The van der Waals surface area contributed by atoms with Gasteiger partial charge in [0.15, 0.2) is 5.69 Å². The monoisotopic (exact) mass is 251 g/mol. The molecule has 0 saturated heterocycles. The van der Waals surface area contributed by atoms with Crippen LogP contribution in [-0.4, -0.2) is 11.1 Å². The van der Waals surface area contributed by atoms with Crippen LogP contribution in [0.2, 0.25) is 0 Å². The minimum atomic E-state index is -0.833. The molecule has 3 nitrogen and oxygen atoms in total. The van der Waals surface area contributed by atoms with Crippen LogP contribution in [0.4, 0.5) is 5.69 Å². The molecule has 0 saturated carbocycles. The van der Waals surface area contributed by atoms with Gasteiger partial charge in [0.2, 0.25) is 0 Å². The van der Waals surface area contributed by atoms with Gasteiger partial charge < -0.3 is 5.11 Å². The summed E-state index contributed by atoms with van der Waals surface area (Å²) in [6.45, 7) is 6.89. The number of hydrogen-bond acceptors (Lipinski definition) is 1. The summed E-state index contributed by atoms with van der Waals surface area (Å²) >= 11 is 0. The van der Waals surface area contributed by atoms with Gasteiger partial charge in [-0.2, -0.15) is 0 Å². The summed E-state index contributed by atoms with van der Waals surface area (Å²) in [6.07, 6.45) is 0.428. The van der Waals surface area contributed by atoms with E-state index in [0.29, 0.717) is 12.1 Å². The summed E-state index contributed by atoms with van der Waals surface area (Å²) < 4.78 is 0. The van der Waals surface area contributed by atoms with Crippen LogP contribution in [0.1, 0.15) is 17.0 Å². The highest BCUT2D eigenvalue weighted by Crippen LogP contribution is 2.22. The molecule has 0 radical (unpaired) electrons. The summed E-state index contributed by atoms with van der Waals surface area (Å²) in [6, 6.07) is 16.3. The van der Waals surface area contributed by atoms with E-state index in [1.165, 1.54) is 0 Å². The molecule has 0 aliphatic heterocycles. The van der Waals surface area contributed by atoms with Gasteiger partial charge >= 0.3 is 5.97 Å². The summed E-state index contributed by atoms with van der Waals surface area (Å²) in [7, 11) is 0. The van der Waals surface area contributed by atoms with Gasteiger partial charge in [-0.05, 0) is 17.5 Å². The topological polar surface area (TPSA) is 41.7 Å². The highest BCUT2D eigenvalue weighted by Gasteiger charge is 2.19. The Labute approximate surface area is 112 Å². The Morgan fingerprint density at radius 1 is 1.11 bits per heavy atom. The molecule has 0 heterocycles. The van der Waals surface area contributed by atoms with Crippen molar-refractivity contribution in [3.63, 3.8) is 0 Å². The number of carbonyl (C=O) groups is 1. The quantitative estimate of drug-likeness (QED) is 0.843. The van der Waals surface area contributed by atoms with Crippen LogP contribution < -0.4 is 0 Å². The largest absolute Gasteiger partial charge is 0.481 e. The third-order valence-corrected chi connectivity index (χ3v) is 3.01. The van der Waals surface area contributed by atoms with Crippen LogP contribution in [0.15, 0.2) is 54.6 Å². The van der Waals surface area contributed by atoms with Gasteiger partial charge in [-0.3, -0.25) is 4.79 Å². The third-order valence-electron chi connectivity index (χ3n) is 3.01.